The standard InChI is InChI=1S/C22H33F2N7O/c1-15(2)12-29-10-11-30(21(29)32)13-19(28(4)26)20(25)17-6-7-18(16(3)27-17)31-9-5-8-22(23,24)14-31/h6-7,10-11,15H,5,8-9,12-14,25-26H2,1-4H3/b20-19-. The number of aryl methyl sites for hydroxylation is 1. The van der Waals surface area contributed by atoms with Gasteiger partial charge < -0.3 is 15.6 Å². The van der Waals surface area contributed by atoms with Crippen LogP contribution in [0.1, 0.15) is 38.1 Å². The Morgan fingerprint density at radius 1 is 1.28 bits per heavy atom. The molecule has 1 saturated heterocycles. The Labute approximate surface area is 187 Å². The number of likely N-dealkylation sites (N-methyl/N-ethyl adjacent to an activating group) is 1. The summed E-state index contributed by atoms with van der Waals surface area (Å²) in [7, 11) is 1.65. The lowest BCUT2D eigenvalue weighted by Gasteiger charge is -2.34. The van der Waals surface area contributed by atoms with Gasteiger partial charge in [-0.15, -0.1) is 0 Å². The second kappa shape index (κ2) is 9.32. The lowest BCUT2D eigenvalue weighted by molar-refractivity contribution is -0.0117. The summed E-state index contributed by atoms with van der Waals surface area (Å²) in [5.74, 6) is 3.67. The molecular formula is C22H33F2N7O. The zero-order valence-electron chi connectivity index (χ0n) is 19.2. The van der Waals surface area contributed by atoms with Crippen molar-refractivity contribution in [2.24, 2.45) is 17.5 Å². The summed E-state index contributed by atoms with van der Waals surface area (Å²) in [5, 5.41) is 1.37. The molecule has 0 amide bonds. The summed E-state index contributed by atoms with van der Waals surface area (Å²) in [6.45, 7) is 6.93. The van der Waals surface area contributed by atoms with Gasteiger partial charge in [0.25, 0.3) is 5.92 Å². The van der Waals surface area contributed by atoms with Gasteiger partial charge in [0.1, 0.15) is 0 Å². The first-order valence-electron chi connectivity index (χ1n) is 10.8. The molecule has 1 fully saturated rings. The number of hydrogen-bond acceptors (Lipinski definition) is 6. The van der Waals surface area contributed by atoms with Crippen LogP contribution in [0.5, 0.6) is 0 Å². The Balaban J connectivity index is 1.89. The summed E-state index contributed by atoms with van der Waals surface area (Å²) in [4.78, 5) is 18.9. The van der Waals surface area contributed by atoms with E-state index in [1.54, 1.807) is 52.5 Å². The first-order chi connectivity index (χ1) is 15.0. The SMILES string of the molecule is Cc1nc(/C(N)=C(\Cn2ccn(CC(C)C)c2=O)N(C)N)ccc1N1CCCC(F)(F)C1. The highest BCUT2D eigenvalue weighted by Crippen LogP contribution is 2.31. The van der Waals surface area contributed by atoms with Crippen molar-refractivity contribution >= 4 is 11.4 Å². The number of aromatic nitrogens is 3. The average Bonchev–Trinajstić information content (AvgIpc) is 3.03. The maximum Gasteiger partial charge on any atom is 0.328 e. The average molecular weight is 450 g/mol. The third-order valence-corrected chi connectivity index (χ3v) is 5.60. The van der Waals surface area contributed by atoms with Crippen LogP contribution in [-0.2, 0) is 13.1 Å². The number of allylic oxidation sites excluding steroid dienone is 1. The first-order valence-corrected chi connectivity index (χ1v) is 10.8. The minimum atomic E-state index is -2.70. The van der Waals surface area contributed by atoms with Gasteiger partial charge in [0.05, 0.1) is 41.6 Å². The van der Waals surface area contributed by atoms with Crippen molar-refractivity contribution in [1.29, 1.82) is 0 Å². The quantitative estimate of drug-likeness (QED) is 0.498. The Morgan fingerprint density at radius 2 is 1.97 bits per heavy atom. The van der Waals surface area contributed by atoms with Crippen molar-refractivity contribution in [3.63, 3.8) is 0 Å². The smallest absolute Gasteiger partial charge is 0.328 e. The van der Waals surface area contributed by atoms with Gasteiger partial charge in [-0.25, -0.2) is 24.4 Å². The van der Waals surface area contributed by atoms with E-state index in [2.05, 4.69) is 4.98 Å². The second-order valence-electron chi connectivity index (χ2n) is 8.91. The van der Waals surface area contributed by atoms with E-state index in [4.69, 9.17) is 11.6 Å². The van der Waals surface area contributed by atoms with E-state index in [1.807, 2.05) is 13.8 Å². The summed E-state index contributed by atoms with van der Waals surface area (Å²) in [5.41, 5.74) is 8.89. The van der Waals surface area contributed by atoms with Crippen molar-refractivity contribution in [2.45, 2.75) is 52.6 Å². The van der Waals surface area contributed by atoms with E-state index in [0.717, 1.165) is 0 Å². The van der Waals surface area contributed by atoms with Crippen LogP contribution in [0, 0.1) is 12.8 Å². The summed E-state index contributed by atoms with van der Waals surface area (Å²) in [6.07, 6.45) is 3.80. The topological polar surface area (TPSA) is 98.3 Å². The number of hydrogen-bond donors (Lipinski definition) is 2. The lowest BCUT2D eigenvalue weighted by Crippen LogP contribution is -2.43. The predicted molar refractivity (Wildman–Crippen MR) is 122 cm³/mol. The van der Waals surface area contributed by atoms with E-state index in [9.17, 15) is 13.6 Å². The fourth-order valence-electron chi connectivity index (χ4n) is 4.01. The molecule has 3 rings (SSSR count). The van der Waals surface area contributed by atoms with Gasteiger partial charge in [0.15, 0.2) is 0 Å². The molecule has 176 valence electrons. The molecule has 1 aliphatic heterocycles. The van der Waals surface area contributed by atoms with Crippen molar-refractivity contribution < 1.29 is 8.78 Å². The van der Waals surface area contributed by atoms with Crippen LogP contribution in [0.15, 0.2) is 35.0 Å². The number of rotatable bonds is 7. The highest BCUT2D eigenvalue weighted by Gasteiger charge is 2.35. The highest BCUT2D eigenvalue weighted by atomic mass is 19.3. The summed E-state index contributed by atoms with van der Waals surface area (Å²) < 4.78 is 30.9. The number of nitrogens with zero attached hydrogens (tertiary/aromatic N) is 5. The third-order valence-electron chi connectivity index (χ3n) is 5.60. The molecule has 2 aromatic rings. The molecule has 4 N–H and O–H groups in total. The van der Waals surface area contributed by atoms with E-state index in [-0.39, 0.29) is 25.2 Å². The van der Waals surface area contributed by atoms with Gasteiger partial charge in [0, 0.05) is 39.0 Å². The van der Waals surface area contributed by atoms with Gasteiger partial charge in [-0.3, -0.25) is 9.13 Å². The molecule has 3 heterocycles. The number of piperidine rings is 1. The predicted octanol–water partition coefficient (Wildman–Crippen LogP) is 2.38. The number of pyridine rings is 1. The minimum Gasteiger partial charge on any atom is -0.395 e. The van der Waals surface area contributed by atoms with Gasteiger partial charge in [-0.05, 0) is 31.4 Å². The maximum atomic E-state index is 13.8. The second-order valence-corrected chi connectivity index (χ2v) is 8.91. The number of anilines is 1. The molecule has 0 radical (unpaired) electrons. The van der Waals surface area contributed by atoms with Crippen molar-refractivity contribution in [1.82, 2.24) is 19.1 Å². The van der Waals surface area contributed by atoms with E-state index >= 15 is 0 Å². The normalized spacial score (nSPS) is 16.9. The zero-order chi connectivity index (χ0) is 23.6. The number of alkyl halides is 2. The molecule has 10 heteroatoms. The minimum absolute atomic E-state index is 0.0891. The molecule has 0 atom stereocenters. The van der Waals surface area contributed by atoms with Crippen molar-refractivity contribution in [2.75, 3.05) is 25.0 Å². The van der Waals surface area contributed by atoms with E-state index in [0.29, 0.717) is 53.9 Å². The Morgan fingerprint density at radius 3 is 2.56 bits per heavy atom. The van der Waals surface area contributed by atoms with Crippen molar-refractivity contribution in [3.05, 3.63) is 52.1 Å². The molecule has 0 spiro atoms. The number of nitrogens with two attached hydrogens (primary N) is 2. The van der Waals surface area contributed by atoms with Crippen LogP contribution in [-0.4, -0.2) is 45.2 Å². The van der Waals surface area contributed by atoms with Gasteiger partial charge in [-0.2, -0.15) is 0 Å². The molecule has 1 aliphatic rings. The number of halogens is 2. The van der Waals surface area contributed by atoms with Crippen LogP contribution in [0.3, 0.4) is 0 Å². The number of imidazole rings is 1. The third kappa shape index (κ3) is 5.29. The van der Waals surface area contributed by atoms with Crippen LogP contribution in [0.4, 0.5) is 14.5 Å². The van der Waals surface area contributed by atoms with Gasteiger partial charge >= 0.3 is 5.69 Å². The molecule has 2 aromatic heterocycles. The fourth-order valence-corrected chi connectivity index (χ4v) is 4.01. The molecule has 32 heavy (non-hydrogen) atoms. The van der Waals surface area contributed by atoms with E-state index in [1.165, 1.54) is 5.01 Å². The Bertz CT molecular complexity index is 1040. The highest BCUT2D eigenvalue weighted by molar-refractivity contribution is 5.65. The largest absolute Gasteiger partial charge is 0.395 e. The molecular weight excluding hydrogens is 416 g/mol. The molecule has 0 saturated carbocycles. The van der Waals surface area contributed by atoms with E-state index < -0.39 is 5.92 Å². The number of hydrazine groups is 1. The summed E-state index contributed by atoms with van der Waals surface area (Å²) in [6, 6.07) is 3.48. The molecule has 0 aromatic carbocycles. The van der Waals surface area contributed by atoms with Crippen LogP contribution < -0.4 is 22.2 Å². The fraction of sp³-hybridized carbons (Fsp3) is 0.545. The van der Waals surface area contributed by atoms with Gasteiger partial charge in [-0.1, -0.05) is 13.8 Å². The van der Waals surface area contributed by atoms with Crippen LogP contribution in [0.2, 0.25) is 0 Å². The van der Waals surface area contributed by atoms with Gasteiger partial charge in [0.2, 0.25) is 0 Å². The Hall–Kier alpha value is -2.88. The maximum absolute atomic E-state index is 13.8. The van der Waals surface area contributed by atoms with Crippen molar-refractivity contribution in [3.8, 4) is 0 Å². The monoisotopic (exact) mass is 449 g/mol. The Kier molecular flexibility index (Phi) is 6.92. The molecule has 0 unspecified atom stereocenters. The summed E-state index contributed by atoms with van der Waals surface area (Å²) >= 11 is 0. The molecule has 0 aliphatic carbocycles. The molecule has 0 bridgehead atoms. The van der Waals surface area contributed by atoms with Crippen LogP contribution >= 0.6 is 0 Å². The zero-order valence-corrected chi connectivity index (χ0v) is 19.2. The first kappa shape index (κ1) is 23.8. The lowest BCUT2D eigenvalue weighted by atomic mass is 10.1. The molecule has 8 nitrogen and oxygen atoms in total. The van der Waals surface area contributed by atoms with Crippen LogP contribution in [0.25, 0.3) is 5.70 Å².